The number of methoxy groups -OCH3 is 1. The predicted molar refractivity (Wildman–Crippen MR) is 85.8 cm³/mol. The van der Waals surface area contributed by atoms with Crippen molar-refractivity contribution >= 4 is 22.6 Å². The van der Waals surface area contributed by atoms with E-state index in [-0.39, 0.29) is 17.1 Å². The monoisotopic (exact) mass is 325 g/mol. The number of hydrogen-bond acceptors (Lipinski definition) is 6. The van der Waals surface area contributed by atoms with Gasteiger partial charge in [0.2, 0.25) is 0 Å². The lowest BCUT2D eigenvalue weighted by Crippen LogP contribution is -2.11. The number of hydrogen-bond donors (Lipinski definition) is 1. The highest BCUT2D eigenvalue weighted by Gasteiger charge is 2.12. The average Bonchev–Trinajstić information content (AvgIpc) is 2.60. The lowest BCUT2D eigenvalue weighted by molar-refractivity contribution is -0.384. The molecule has 0 aliphatic rings. The van der Waals surface area contributed by atoms with Crippen molar-refractivity contribution in [3.8, 4) is 11.4 Å². The number of benzene rings is 2. The summed E-state index contributed by atoms with van der Waals surface area (Å²) in [7, 11) is 1.26. The number of carbonyl (C=O) groups excluding carboxylic acids is 1. The average molecular weight is 325 g/mol. The molecule has 0 saturated carbocycles. The number of H-pyrrole nitrogens is 1. The van der Waals surface area contributed by atoms with E-state index < -0.39 is 16.5 Å². The minimum Gasteiger partial charge on any atom is -0.465 e. The number of nitro groups is 1. The standard InChI is InChI=1S/C16H11N3O5/c1-24-16(21)10-5-6-12-13(8-10)17-14(18-15(12)20)9-3-2-4-11(7-9)19(22)23/h2-8H,1H3,(H,17,18,20). The Hall–Kier alpha value is -3.55. The second-order valence-electron chi connectivity index (χ2n) is 4.95. The molecule has 3 rings (SSSR count). The van der Waals surface area contributed by atoms with Crippen molar-refractivity contribution in [2.75, 3.05) is 7.11 Å². The Kier molecular flexibility index (Phi) is 3.78. The lowest BCUT2D eigenvalue weighted by Gasteiger charge is -2.05. The van der Waals surface area contributed by atoms with Gasteiger partial charge in [-0.2, -0.15) is 0 Å². The number of esters is 1. The Morgan fingerprint density at radius 2 is 2.04 bits per heavy atom. The molecule has 0 aliphatic carbocycles. The van der Waals surface area contributed by atoms with Crippen LogP contribution in [0.25, 0.3) is 22.3 Å². The fraction of sp³-hybridized carbons (Fsp3) is 0.0625. The van der Waals surface area contributed by atoms with E-state index in [1.807, 2.05) is 0 Å². The summed E-state index contributed by atoms with van der Waals surface area (Å²) in [5.74, 6) is -0.367. The molecule has 0 aliphatic heterocycles. The Balaban J connectivity index is 2.19. The van der Waals surface area contributed by atoms with Crippen LogP contribution < -0.4 is 5.56 Å². The number of nitro benzene ring substituents is 1. The summed E-state index contributed by atoms with van der Waals surface area (Å²) in [6.07, 6.45) is 0. The summed E-state index contributed by atoms with van der Waals surface area (Å²) in [4.78, 5) is 41.0. The number of carbonyl (C=O) groups is 1. The van der Waals surface area contributed by atoms with Crippen LogP contribution in [-0.2, 0) is 4.74 Å². The number of non-ortho nitro benzene ring substituents is 1. The van der Waals surface area contributed by atoms with Gasteiger partial charge >= 0.3 is 5.97 Å². The fourth-order valence-electron chi connectivity index (χ4n) is 2.29. The molecule has 24 heavy (non-hydrogen) atoms. The fourth-order valence-corrected chi connectivity index (χ4v) is 2.29. The third-order valence-electron chi connectivity index (χ3n) is 3.46. The van der Waals surface area contributed by atoms with Gasteiger partial charge < -0.3 is 9.72 Å². The van der Waals surface area contributed by atoms with Crippen LogP contribution in [-0.4, -0.2) is 28.0 Å². The molecule has 2 aromatic carbocycles. The number of rotatable bonds is 3. The highest BCUT2D eigenvalue weighted by molar-refractivity contribution is 5.94. The summed E-state index contributed by atoms with van der Waals surface area (Å²) in [6, 6.07) is 10.1. The number of ether oxygens (including phenoxy) is 1. The molecule has 0 unspecified atom stereocenters. The smallest absolute Gasteiger partial charge is 0.337 e. The Morgan fingerprint density at radius 1 is 1.25 bits per heavy atom. The largest absolute Gasteiger partial charge is 0.465 e. The number of nitrogens with zero attached hydrogens (tertiary/aromatic N) is 2. The maximum absolute atomic E-state index is 12.2. The van der Waals surface area contributed by atoms with Crippen molar-refractivity contribution < 1.29 is 14.5 Å². The SMILES string of the molecule is COC(=O)c1ccc2c(=O)[nH]c(-c3cccc([N+](=O)[O-])c3)nc2c1. The topological polar surface area (TPSA) is 115 Å². The summed E-state index contributed by atoms with van der Waals surface area (Å²) >= 11 is 0. The molecular weight excluding hydrogens is 314 g/mol. The van der Waals surface area contributed by atoms with E-state index >= 15 is 0 Å². The van der Waals surface area contributed by atoms with Crippen LogP contribution >= 0.6 is 0 Å². The molecule has 0 saturated heterocycles. The number of aromatic amines is 1. The molecule has 0 fully saturated rings. The third-order valence-corrected chi connectivity index (χ3v) is 3.46. The van der Waals surface area contributed by atoms with Crippen molar-refractivity contribution in [2.24, 2.45) is 0 Å². The molecule has 0 bridgehead atoms. The zero-order chi connectivity index (χ0) is 17.3. The molecule has 0 radical (unpaired) electrons. The first-order valence-corrected chi connectivity index (χ1v) is 6.87. The molecule has 0 atom stereocenters. The molecular formula is C16H11N3O5. The highest BCUT2D eigenvalue weighted by Crippen LogP contribution is 2.21. The lowest BCUT2D eigenvalue weighted by atomic mass is 10.1. The van der Waals surface area contributed by atoms with Gasteiger partial charge in [-0.25, -0.2) is 9.78 Å². The minimum absolute atomic E-state index is 0.112. The summed E-state index contributed by atoms with van der Waals surface area (Å²) < 4.78 is 4.64. The van der Waals surface area contributed by atoms with Crippen LogP contribution in [0.1, 0.15) is 10.4 Å². The van der Waals surface area contributed by atoms with Gasteiger partial charge in [0, 0.05) is 17.7 Å². The van der Waals surface area contributed by atoms with E-state index in [0.717, 1.165) is 0 Å². The van der Waals surface area contributed by atoms with Crippen LogP contribution in [0.2, 0.25) is 0 Å². The van der Waals surface area contributed by atoms with E-state index in [0.29, 0.717) is 16.5 Å². The molecule has 1 heterocycles. The zero-order valence-electron chi connectivity index (χ0n) is 12.5. The predicted octanol–water partition coefficient (Wildman–Crippen LogP) is 2.28. The van der Waals surface area contributed by atoms with Crippen molar-refractivity contribution in [1.82, 2.24) is 9.97 Å². The van der Waals surface area contributed by atoms with E-state index in [1.165, 1.54) is 43.5 Å². The second-order valence-corrected chi connectivity index (χ2v) is 4.95. The molecule has 0 amide bonds. The van der Waals surface area contributed by atoms with E-state index in [1.54, 1.807) is 6.07 Å². The number of nitrogens with one attached hydrogen (secondary N) is 1. The van der Waals surface area contributed by atoms with Crippen LogP contribution in [0, 0.1) is 10.1 Å². The van der Waals surface area contributed by atoms with Gasteiger partial charge in [-0.1, -0.05) is 12.1 Å². The third kappa shape index (κ3) is 2.72. The van der Waals surface area contributed by atoms with Crippen molar-refractivity contribution in [3.63, 3.8) is 0 Å². The van der Waals surface area contributed by atoms with Crippen molar-refractivity contribution in [2.45, 2.75) is 0 Å². The highest BCUT2D eigenvalue weighted by atomic mass is 16.6. The maximum Gasteiger partial charge on any atom is 0.337 e. The number of aromatic nitrogens is 2. The van der Waals surface area contributed by atoms with Gasteiger partial charge in [0.05, 0.1) is 28.5 Å². The Labute approximate surface area is 134 Å². The molecule has 120 valence electrons. The molecule has 3 aromatic rings. The van der Waals surface area contributed by atoms with Crippen LogP contribution in [0.4, 0.5) is 5.69 Å². The van der Waals surface area contributed by atoms with Crippen molar-refractivity contribution in [1.29, 1.82) is 0 Å². The first-order chi connectivity index (χ1) is 11.5. The van der Waals surface area contributed by atoms with Crippen molar-refractivity contribution in [3.05, 3.63) is 68.5 Å². The number of fused-ring (bicyclic) bond motifs is 1. The Bertz CT molecular complexity index is 1030. The van der Waals surface area contributed by atoms with E-state index in [4.69, 9.17) is 0 Å². The van der Waals surface area contributed by atoms with Crippen LogP contribution in [0.3, 0.4) is 0 Å². The van der Waals surface area contributed by atoms with Gasteiger partial charge in [0.1, 0.15) is 5.82 Å². The van der Waals surface area contributed by atoms with Gasteiger partial charge in [-0.3, -0.25) is 14.9 Å². The van der Waals surface area contributed by atoms with Gasteiger partial charge in [0.15, 0.2) is 0 Å². The molecule has 8 heteroatoms. The molecule has 0 spiro atoms. The van der Waals surface area contributed by atoms with E-state index in [2.05, 4.69) is 14.7 Å². The normalized spacial score (nSPS) is 10.5. The Morgan fingerprint density at radius 3 is 2.75 bits per heavy atom. The second kappa shape index (κ2) is 5.92. The molecule has 1 aromatic heterocycles. The summed E-state index contributed by atoms with van der Waals surface area (Å²) in [6.45, 7) is 0. The maximum atomic E-state index is 12.2. The van der Waals surface area contributed by atoms with E-state index in [9.17, 15) is 19.7 Å². The van der Waals surface area contributed by atoms with Gasteiger partial charge in [-0.15, -0.1) is 0 Å². The van der Waals surface area contributed by atoms with Gasteiger partial charge in [-0.05, 0) is 18.2 Å². The van der Waals surface area contributed by atoms with Crippen LogP contribution in [0.15, 0.2) is 47.3 Å². The quantitative estimate of drug-likeness (QED) is 0.449. The zero-order valence-corrected chi connectivity index (χ0v) is 12.5. The summed E-state index contributed by atoms with van der Waals surface area (Å²) in [5, 5.41) is 11.2. The van der Waals surface area contributed by atoms with Gasteiger partial charge in [0.25, 0.3) is 11.2 Å². The first kappa shape index (κ1) is 15.3. The minimum atomic E-state index is -0.545. The summed E-state index contributed by atoms with van der Waals surface area (Å²) in [5.41, 5.74) is 0.430. The molecule has 1 N–H and O–H groups in total. The molecule has 8 nitrogen and oxygen atoms in total. The first-order valence-electron chi connectivity index (χ1n) is 6.87. The van der Waals surface area contributed by atoms with Crippen LogP contribution in [0.5, 0.6) is 0 Å².